The first-order valence-electron chi connectivity index (χ1n) is 19.8. The van der Waals surface area contributed by atoms with E-state index in [1.807, 2.05) is 6.07 Å². The number of likely N-dealkylation sites (tertiary alicyclic amines) is 1. The lowest BCUT2D eigenvalue weighted by molar-refractivity contribution is -0.141. The fraction of sp³-hybridized carbons (Fsp3) is 0.452. The van der Waals surface area contributed by atoms with Crippen molar-refractivity contribution in [2.45, 2.75) is 82.7 Å². The fourth-order valence-corrected chi connectivity index (χ4v) is 8.24. The van der Waals surface area contributed by atoms with Gasteiger partial charge in [0.2, 0.25) is 11.8 Å². The monoisotopic (exact) mass is 816 g/mol. The van der Waals surface area contributed by atoms with E-state index >= 15 is 0 Å². The number of amides is 5. The van der Waals surface area contributed by atoms with Crippen molar-refractivity contribution in [1.82, 2.24) is 20.1 Å². The summed E-state index contributed by atoms with van der Waals surface area (Å²) in [5.74, 6) is -2.40. The molecule has 1 unspecified atom stereocenters. The number of pyridine rings is 1. The molecular formula is C42H47F3N8O6. The smallest absolute Gasteiger partial charge is 0.398 e. The van der Waals surface area contributed by atoms with Crippen LogP contribution in [0.4, 0.5) is 30.2 Å². The number of rotatable bonds is 10. The Balaban J connectivity index is 0.891. The number of aliphatic hydroxyl groups is 1. The highest BCUT2D eigenvalue weighted by Crippen LogP contribution is 2.35. The molecule has 14 nitrogen and oxygen atoms in total. The lowest BCUT2D eigenvalue weighted by atomic mass is 9.92. The molecule has 0 saturated carbocycles. The van der Waals surface area contributed by atoms with Gasteiger partial charge in [-0.1, -0.05) is 6.07 Å². The molecular weight excluding hydrogens is 770 g/mol. The fourth-order valence-electron chi connectivity index (χ4n) is 8.24. The number of nitrogens with two attached hydrogens (primary N) is 1. The number of imide groups is 2. The number of alkyl halides is 3. The number of anilines is 3. The maximum absolute atomic E-state index is 13.3. The van der Waals surface area contributed by atoms with Crippen LogP contribution in [0.25, 0.3) is 0 Å². The van der Waals surface area contributed by atoms with Crippen molar-refractivity contribution in [2.24, 2.45) is 10.9 Å². The van der Waals surface area contributed by atoms with Gasteiger partial charge in [-0.25, -0.2) is 4.98 Å². The van der Waals surface area contributed by atoms with Crippen molar-refractivity contribution < 1.29 is 42.3 Å². The lowest BCUT2D eigenvalue weighted by Gasteiger charge is -2.36. The molecule has 2 aromatic carbocycles. The zero-order chi connectivity index (χ0) is 42.2. The number of carbonyl (C=O) groups is 5. The van der Waals surface area contributed by atoms with Crippen LogP contribution < -0.4 is 21.3 Å². The number of aromatic nitrogens is 1. The van der Waals surface area contributed by atoms with Gasteiger partial charge in [-0.3, -0.25) is 39.2 Å². The highest BCUT2D eigenvalue weighted by molar-refractivity contribution is 6.23. The topological polar surface area (TPSA) is 191 Å². The second-order valence-corrected chi connectivity index (χ2v) is 16.2. The Kier molecular flexibility index (Phi) is 11.6. The third kappa shape index (κ3) is 9.15. The minimum absolute atomic E-state index is 0.0424. The zero-order valence-electron chi connectivity index (χ0n) is 32.8. The molecule has 59 heavy (non-hydrogen) atoms. The number of carbonyl (C=O) groups excluding carboxylic acids is 5. The molecule has 5 amide bonds. The number of nitrogens with one attached hydrogen (secondary N) is 2. The predicted octanol–water partition coefficient (Wildman–Crippen LogP) is 4.75. The van der Waals surface area contributed by atoms with Crippen molar-refractivity contribution in [3.63, 3.8) is 0 Å². The molecule has 0 spiro atoms. The van der Waals surface area contributed by atoms with Crippen molar-refractivity contribution >= 4 is 52.8 Å². The van der Waals surface area contributed by atoms with Gasteiger partial charge in [0.1, 0.15) is 17.4 Å². The van der Waals surface area contributed by atoms with Crippen molar-refractivity contribution in [3.8, 4) is 0 Å². The van der Waals surface area contributed by atoms with E-state index < -0.39 is 58.7 Å². The third-order valence-electron chi connectivity index (χ3n) is 11.6. The molecule has 1 aromatic heterocycles. The van der Waals surface area contributed by atoms with E-state index in [2.05, 4.69) is 25.4 Å². The second kappa shape index (κ2) is 16.5. The van der Waals surface area contributed by atoms with Gasteiger partial charge in [-0.15, -0.1) is 0 Å². The highest BCUT2D eigenvalue weighted by Gasteiger charge is 2.45. The molecule has 0 aliphatic carbocycles. The lowest BCUT2D eigenvalue weighted by Crippen LogP contribution is -2.54. The summed E-state index contributed by atoms with van der Waals surface area (Å²) in [6.45, 7) is 7.35. The van der Waals surface area contributed by atoms with Gasteiger partial charge in [0, 0.05) is 67.0 Å². The van der Waals surface area contributed by atoms with Crippen LogP contribution in [-0.2, 0) is 21.4 Å². The van der Waals surface area contributed by atoms with Crippen LogP contribution in [-0.4, -0.2) is 100 Å². The van der Waals surface area contributed by atoms with Crippen LogP contribution in [0.2, 0.25) is 0 Å². The number of nitrogens with zero attached hydrogens (tertiary/aromatic N) is 5. The standard InChI is InChI=1S/C42H47F3N8O6/c1-41(2,59)30-22-31(46)25(20-33(30)49-37(55)32-4-3-5-35(48-32)42(43,44)45)23-47-26-13-16-51(17-14-26)15-10-24-11-18-52(19-12-24)27-6-7-28-29(21-27)40(58)53(39(28)57)34-8-9-36(54)50-38(34)56/h3-7,20-24,26,34,59H,8-19,46H2,1-2H3,(H,49,55)(H,50,54,56). The zero-order valence-corrected chi connectivity index (χ0v) is 32.8. The molecule has 4 aliphatic rings. The quantitative estimate of drug-likeness (QED) is 0.126. The molecule has 4 aliphatic heterocycles. The number of aliphatic imine (C=N–C) groups is 1. The summed E-state index contributed by atoms with van der Waals surface area (Å²) in [7, 11) is 0. The molecule has 0 radical (unpaired) electrons. The Labute approximate surface area is 339 Å². The molecule has 3 fully saturated rings. The molecule has 312 valence electrons. The molecule has 1 atom stereocenters. The molecule has 0 bridgehead atoms. The van der Waals surface area contributed by atoms with Crippen molar-refractivity contribution in [2.75, 3.05) is 48.7 Å². The van der Waals surface area contributed by atoms with Crippen LogP contribution in [0.5, 0.6) is 0 Å². The van der Waals surface area contributed by atoms with Crippen LogP contribution >= 0.6 is 0 Å². The van der Waals surface area contributed by atoms with Gasteiger partial charge < -0.3 is 26.0 Å². The van der Waals surface area contributed by atoms with E-state index in [1.165, 1.54) is 26.0 Å². The van der Waals surface area contributed by atoms with Gasteiger partial charge in [-0.05, 0) is 107 Å². The van der Waals surface area contributed by atoms with Crippen LogP contribution in [0.1, 0.15) is 107 Å². The average Bonchev–Trinajstić information content (AvgIpc) is 3.44. The van der Waals surface area contributed by atoms with Crippen LogP contribution in [0.3, 0.4) is 0 Å². The Morgan fingerprint density at radius 3 is 2.36 bits per heavy atom. The normalized spacial score (nSPS) is 20.1. The van der Waals surface area contributed by atoms with Crippen molar-refractivity contribution in [1.29, 1.82) is 0 Å². The number of halogens is 3. The first-order valence-corrected chi connectivity index (χ1v) is 19.8. The first-order chi connectivity index (χ1) is 28.0. The maximum Gasteiger partial charge on any atom is 0.433 e. The average molecular weight is 817 g/mol. The molecule has 5 heterocycles. The summed E-state index contributed by atoms with van der Waals surface area (Å²) >= 11 is 0. The van der Waals surface area contributed by atoms with E-state index in [9.17, 15) is 42.3 Å². The summed E-state index contributed by atoms with van der Waals surface area (Å²) in [5.41, 5.74) is 5.97. The Hall–Kier alpha value is -5.68. The number of piperidine rings is 3. The summed E-state index contributed by atoms with van der Waals surface area (Å²) in [6, 6.07) is 10.4. The van der Waals surface area contributed by atoms with Gasteiger partial charge >= 0.3 is 6.18 Å². The molecule has 7 rings (SSSR count). The van der Waals surface area contributed by atoms with Crippen LogP contribution in [0, 0.1) is 5.92 Å². The predicted molar refractivity (Wildman–Crippen MR) is 213 cm³/mol. The molecule has 17 heteroatoms. The number of nitrogen functional groups attached to an aromatic ring is 1. The number of benzene rings is 2. The number of hydrogen-bond donors (Lipinski definition) is 4. The third-order valence-corrected chi connectivity index (χ3v) is 11.6. The van der Waals surface area contributed by atoms with E-state index in [-0.39, 0.29) is 41.3 Å². The second-order valence-electron chi connectivity index (χ2n) is 16.2. The summed E-state index contributed by atoms with van der Waals surface area (Å²) in [6.07, 6.45) is 1.80. The highest BCUT2D eigenvalue weighted by atomic mass is 19.4. The van der Waals surface area contributed by atoms with Crippen molar-refractivity contribution in [3.05, 3.63) is 82.2 Å². The first kappa shape index (κ1) is 41.5. The molecule has 3 aromatic rings. The van der Waals surface area contributed by atoms with Gasteiger partial charge in [0.05, 0.1) is 22.8 Å². The summed E-state index contributed by atoms with van der Waals surface area (Å²) in [4.78, 5) is 77.4. The van der Waals surface area contributed by atoms with Gasteiger partial charge in [-0.2, -0.15) is 13.2 Å². The summed E-state index contributed by atoms with van der Waals surface area (Å²) < 4.78 is 39.7. The van der Waals surface area contributed by atoms with E-state index in [0.29, 0.717) is 17.2 Å². The Morgan fingerprint density at radius 1 is 0.966 bits per heavy atom. The number of fused-ring (bicyclic) bond motifs is 1. The Bertz CT molecular complexity index is 2190. The van der Waals surface area contributed by atoms with Crippen LogP contribution in [0.15, 0.2) is 53.5 Å². The van der Waals surface area contributed by atoms with Gasteiger partial charge in [0.15, 0.2) is 0 Å². The van der Waals surface area contributed by atoms with E-state index in [4.69, 9.17) is 10.7 Å². The van der Waals surface area contributed by atoms with E-state index in [1.54, 1.807) is 24.4 Å². The largest absolute Gasteiger partial charge is 0.433 e. The SMILES string of the molecule is CC(C)(O)c1cc(N)c(C=NC2CCN(CCC3CCN(c4ccc5c(c4)C(=O)N(C4CCC(=O)NC4=O)C5=O)CC3)CC2)cc1NC(=O)c1cccc(C(F)(F)F)n1. The minimum Gasteiger partial charge on any atom is -0.398 e. The summed E-state index contributed by atoms with van der Waals surface area (Å²) in [5, 5.41) is 15.6. The maximum atomic E-state index is 13.3. The van der Waals surface area contributed by atoms with Gasteiger partial charge in [0.25, 0.3) is 17.7 Å². The molecule has 3 saturated heterocycles. The minimum atomic E-state index is -4.72. The van der Waals surface area contributed by atoms with E-state index in [0.717, 1.165) is 87.5 Å². The Morgan fingerprint density at radius 2 is 1.68 bits per heavy atom. The molecule has 5 N–H and O–H groups in total. The number of hydrogen-bond acceptors (Lipinski definition) is 11.